The van der Waals surface area contributed by atoms with Crippen LogP contribution in [0.4, 0.5) is 11.4 Å². The molecule has 166 valence electrons. The summed E-state index contributed by atoms with van der Waals surface area (Å²) in [5.41, 5.74) is 1.64. The van der Waals surface area contributed by atoms with Crippen molar-refractivity contribution in [3.8, 4) is 5.75 Å². The lowest BCUT2D eigenvalue weighted by Crippen LogP contribution is -2.32. The Balaban J connectivity index is 1.39. The van der Waals surface area contributed by atoms with Crippen molar-refractivity contribution in [1.29, 1.82) is 0 Å². The summed E-state index contributed by atoms with van der Waals surface area (Å²) in [6.07, 6.45) is 4.35. The number of nitrogens with one attached hydrogen (secondary N) is 3. The summed E-state index contributed by atoms with van der Waals surface area (Å²) < 4.78 is 16.1. The van der Waals surface area contributed by atoms with E-state index in [-0.39, 0.29) is 10.9 Å². The van der Waals surface area contributed by atoms with Gasteiger partial charge in [0.2, 0.25) is 5.91 Å². The minimum Gasteiger partial charge on any atom is -0.494 e. The van der Waals surface area contributed by atoms with Crippen LogP contribution < -0.4 is 20.7 Å². The number of amides is 2. The van der Waals surface area contributed by atoms with Crippen molar-refractivity contribution in [1.82, 2.24) is 5.32 Å². The number of para-hydroxylation sites is 1. The van der Waals surface area contributed by atoms with E-state index in [1.54, 1.807) is 42.5 Å². The molecular weight excluding hydrogens is 442 g/mol. The van der Waals surface area contributed by atoms with Gasteiger partial charge in [0.05, 0.1) is 19.1 Å². The van der Waals surface area contributed by atoms with Gasteiger partial charge in [-0.2, -0.15) is 0 Å². The molecule has 0 bridgehead atoms. The van der Waals surface area contributed by atoms with Crippen LogP contribution in [0.5, 0.6) is 5.75 Å². The van der Waals surface area contributed by atoms with Gasteiger partial charge in [0.25, 0.3) is 5.91 Å². The van der Waals surface area contributed by atoms with Crippen LogP contribution in [0.1, 0.15) is 16.3 Å². The summed E-state index contributed by atoms with van der Waals surface area (Å²) in [6, 6.07) is 17.5. The lowest BCUT2D eigenvalue weighted by molar-refractivity contribution is -0.115. The average molecular weight is 461 g/mol. The highest BCUT2D eigenvalue weighted by atomic mass is 32.1. The van der Waals surface area contributed by atoms with Crippen LogP contribution in [0.25, 0.3) is 17.0 Å². The normalized spacial score (nSPS) is 10.8. The summed E-state index contributed by atoms with van der Waals surface area (Å²) in [4.78, 5) is 24.6. The van der Waals surface area contributed by atoms with Crippen molar-refractivity contribution in [3.63, 3.8) is 0 Å². The first-order chi connectivity index (χ1) is 16.0. The summed E-state index contributed by atoms with van der Waals surface area (Å²) in [5, 5.41) is 9.16. The van der Waals surface area contributed by atoms with E-state index in [9.17, 15) is 9.59 Å². The molecule has 4 rings (SSSR count). The van der Waals surface area contributed by atoms with Gasteiger partial charge in [0.1, 0.15) is 17.1 Å². The van der Waals surface area contributed by atoms with Crippen LogP contribution in [-0.4, -0.2) is 24.0 Å². The minimum absolute atomic E-state index is 0.102. The van der Waals surface area contributed by atoms with Crippen molar-refractivity contribution >= 4 is 57.6 Å². The van der Waals surface area contributed by atoms with E-state index < -0.39 is 11.8 Å². The number of carbonyl (C=O) groups excluding carboxylic acids is 2. The highest BCUT2D eigenvalue weighted by molar-refractivity contribution is 7.80. The molecule has 0 saturated heterocycles. The Morgan fingerprint density at radius 2 is 1.88 bits per heavy atom. The molecule has 0 fully saturated rings. The molecule has 0 aliphatic heterocycles. The van der Waals surface area contributed by atoms with Gasteiger partial charge >= 0.3 is 0 Å². The first kappa shape index (κ1) is 21.8. The Bertz CT molecular complexity index is 1310. The van der Waals surface area contributed by atoms with Gasteiger partial charge in [0.15, 0.2) is 10.9 Å². The Labute approximate surface area is 194 Å². The molecule has 4 aromatic rings. The predicted molar refractivity (Wildman–Crippen MR) is 129 cm³/mol. The van der Waals surface area contributed by atoms with Crippen molar-refractivity contribution in [2.24, 2.45) is 0 Å². The Morgan fingerprint density at radius 1 is 1.03 bits per heavy atom. The molecule has 0 spiro atoms. The maximum Gasteiger partial charge on any atom is 0.291 e. The van der Waals surface area contributed by atoms with Crippen LogP contribution in [-0.2, 0) is 4.79 Å². The zero-order valence-corrected chi connectivity index (χ0v) is 18.3. The third kappa shape index (κ3) is 5.46. The van der Waals surface area contributed by atoms with Gasteiger partial charge in [-0.05, 0) is 54.7 Å². The van der Waals surface area contributed by atoms with E-state index >= 15 is 0 Å². The van der Waals surface area contributed by atoms with Gasteiger partial charge in [-0.15, -0.1) is 0 Å². The standard InChI is InChI=1S/C24H19N3O5S/c1-30-20-14-16(25-24(33)27-22(28)11-9-17-6-4-12-31-17)8-10-18(20)26-23(29)21-13-15-5-2-3-7-19(15)32-21/h2-14H,1H3,(H,26,29)(H2,25,27,28,33). The average Bonchev–Trinajstić information content (AvgIpc) is 3.48. The van der Waals surface area contributed by atoms with E-state index in [2.05, 4.69) is 16.0 Å². The molecule has 2 aromatic heterocycles. The number of thiocarbonyl (C=S) groups is 1. The third-order valence-corrected chi connectivity index (χ3v) is 4.74. The van der Waals surface area contributed by atoms with Crippen molar-refractivity contribution in [2.75, 3.05) is 17.7 Å². The molecule has 9 heteroatoms. The Kier molecular flexibility index (Phi) is 6.51. The highest BCUT2D eigenvalue weighted by Crippen LogP contribution is 2.29. The number of benzene rings is 2. The molecule has 2 heterocycles. The van der Waals surface area contributed by atoms with E-state index in [0.29, 0.717) is 28.5 Å². The number of rotatable bonds is 6. The molecule has 0 atom stereocenters. The molecular formula is C24H19N3O5S. The third-order valence-electron chi connectivity index (χ3n) is 4.54. The zero-order valence-electron chi connectivity index (χ0n) is 17.5. The second kappa shape index (κ2) is 9.84. The molecule has 33 heavy (non-hydrogen) atoms. The van der Waals surface area contributed by atoms with Crippen LogP contribution in [0.15, 0.2) is 81.8 Å². The van der Waals surface area contributed by atoms with E-state index in [0.717, 1.165) is 5.39 Å². The smallest absolute Gasteiger partial charge is 0.291 e. The molecule has 0 saturated carbocycles. The topological polar surface area (TPSA) is 106 Å². The van der Waals surface area contributed by atoms with Crippen LogP contribution in [0.3, 0.4) is 0 Å². The second-order valence-corrected chi connectivity index (χ2v) is 7.22. The van der Waals surface area contributed by atoms with E-state index in [1.807, 2.05) is 18.2 Å². The molecule has 2 aromatic carbocycles. The van der Waals surface area contributed by atoms with E-state index in [1.165, 1.54) is 25.5 Å². The SMILES string of the molecule is COc1cc(NC(=S)NC(=O)C=Cc2ccco2)ccc1NC(=O)c1cc2ccccc2o1. The van der Waals surface area contributed by atoms with Gasteiger partial charge < -0.3 is 24.2 Å². The Hall–Kier alpha value is -4.37. The number of hydrogen-bond acceptors (Lipinski definition) is 6. The number of fused-ring (bicyclic) bond motifs is 1. The lowest BCUT2D eigenvalue weighted by atomic mass is 10.2. The van der Waals surface area contributed by atoms with Crippen molar-refractivity contribution in [3.05, 3.63) is 84.5 Å². The molecule has 0 radical (unpaired) electrons. The number of anilines is 2. The maximum atomic E-state index is 12.6. The monoisotopic (exact) mass is 461 g/mol. The number of methoxy groups -OCH3 is 1. The number of ether oxygens (including phenoxy) is 1. The molecule has 0 aliphatic carbocycles. The number of furan rings is 2. The van der Waals surface area contributed by atoms with Gasteiger partial charge in [-0.3, -0.25) is 14.9 Å². The van der Waals surface area contributed by atoms with Crippen LogP contribution in [0.2, 0.25) is 0 Å². The highest BCUT2D eigenvalue weighted by Gasteiger charge is 2.15. The second-order valence-electron chi connectivity index (χ2n) is 6.81. The fourth-order valence-electron chi connectivity index (χ4n) is 3.01. The zero-order chi connectivity index (χ0) is 23.2. The first-order valence-corrected chi connectivity index (χ1v) is 10.2. The predicted octanol–water partition coefficient (Wildman–Crippen LogP) is 4.81. The van der Waals surface area contributed by atoms with Crippen LogP contribution in [0, 0.1) is 0 Å². The summed E-state index contributed by atoms with van der Waals surface area (Å²) in [6.45, 7) is 0. The van der Waals surface area contributed by atoms with E-state index in [4.69, 9.17) is 25.8 Å². The summed E-state index contributed by atoms with van der Waals surface area (Å²) in [7, 11) is 1.48. The Morgan fingerprint density at radius 3 is 2.64 bits per heavy atom. The summed E-state index contributed by atoms with van der Waals surface area (Å²) >= 11 is 5.18. The molecule has 0 aliphatic rings. The van der Waals surface area contributed by atoms with Gasteiger partial charge in [-0.25, -0.2) is 0 Å². The fourth-order valence-corrected chi connectivity index (χ4v) is 3.23. The first-order valence-electron chi connectivity index (χ1n) is 9.83. The fraction of sp³-hybridized carbons (Fsp3) is 0.0417. The number of hydrogen-bond donors (Lipinski definition) is 3. The molecule has 3 N–H and O–H groups in total. The quantitative estimate of drug-likeness (QED) is 0.279. The van der Waals surface area contributed by atoms with Gasteiger partial charge in [-0.1, -0.05) is 18.2 Å². The largest absolute Gasteiger partial charge is 0.494 e. The van der Waals surface area contributed by atoms with Crippen LogP contribution >= 0.6 is 12.2 Å². The summed E-state index contributed by atoms with van der Waals surface area (Å²) in [5.74, 6) is 0.319. The lowest BCUT2D eigenvalue weighted by Gasteiger charge is -2.13. The minimum atomic E-state index is -0.411. The molecule has 8 nitrogen and oxygen atoms in total. The molecule has 2 amide bonds. The molecule has 0 unspecified atom stereocenters. The van der Waals surface area contributed by atoms with Gasteiger partial charge in [0, 0.05) is 23.2 Å². The maximum absolute atomic E-state index is 12.6. The van der Waals surface area contributed by atoms with Crippen molar-refractivity contribution in [2.45, 2.75) is 0 Å². The van der Waals surface area contributed by atoms with Crippen molar-refractivity contribution < 1.29 is 23.2 Å². The number of carbonyl (C=O) groups is 2.